The van der Waals surface area contributed by atoms with Crippen molar-refractivity contribution in [1.29, 1.82) is 0 Å². The molecule has 1 unspecified atom stereocenters. The molecule has 1 aliphatic heterocycles. The fourth-order valence-electron chi connectivity index (χ4n) is 1.89. The maximum Gasteiger partial charge on any atom is 0.410 e. The van der Waals surface area contributed by atoms with Crippen LogP contribution in [0.15, 0.2) is 30.3 Å². The number of benzene rings is 1. The number of carbonyl (C=O) groups excluding carboxylic acids is 1. The number of amides is 1. The minimum absolute atomic E-state index is 0.00109. The average molecular weight is 233 g/mol. The number of hydrogen-bond donors (Lipinski definition) is 0. The molecule has 0 radical (unpaired) electrons. The van der Waals surface area contributed by atoms with Crippen molar-refractivity contribution in [3.05, 3.63) is 35.9 Å². The smallest absolute Gasteiger partial charge is 0.410 e. The summed E-state index contributed by atoms with van der Waals surface area (Å²) in [6.45, 7) is 7.59. The molecule has 92 valence electrons. The van der Waals surface area contributed by atoms with E-state index in [-0.39, 0.29) is 17.6 Å². The van der Waals surface area contributed by atoms with Crippen LogP contribution in [-0.4, -0.2) is 23.6 Å². The number of nitrogens with zero attached hydrogens (tertiary/aromatic N) is 1. The van der Waals surface area contributed by atoms with Gasteiger partial charge in [0.25, 0.3) is 0 Å². The Morgan fingerprint density at radius 2 is 1.94 bits per heavy atom. The third kappa shape index (κ3) is 2.78. The number of cyclic esters (lactones) is 1. The highest BCUT2D eigenvalue weighted by molar-refractivity contribution is 5.70. The minimum atomic E-state index is -0.200. The summed E-state index contributed by atoms with van der Waals surface area (Å²) in [7, 11) is 0. The van der Waals surface area contributed by atoms with Crippen molar-refractivity contribution >= 4 is 6.09 Å². The Morgan fingerprint density at radius 3 is 2.47 bits per heavy atom. The number of ether oxygens (including phenoxy) is 1. The standard InChI is InChI=1S/C14H19NO2/c1-14(2,3)12-10-15(13(16)17-12)9-11-7-5-4-6-8-11/h4-8,12H,9-10H2,1-3H3. The summed E-state index contributed by atoms with van der Waals surface area (Å²) >= 11 is 0. The molecule has 1 amide bonds. The van der Waals surface area contributed by atoms with Crippen LogP contribution in [0.25, 0.3) is 0 Å². The van der Waals surface area contributed by atoms with E-state index in [0.717, 1.165) is 5.56 Å². The van der Waals surface area contributed by atoms with Crippen LogP contribution in [0, 0.1) is 5.41 Å². The number of rotatable bonds is 2. The van der Waals surface area contributed by atoms with Crippen molar-refractivity contribution in [3.63, 3.8) is 0 Å². The van der Waals surface area contributed by atoms with Gasteiger partial charge in [0, 0.05) is 12.0 Å². The Balaban J connectivity index is 2.02. The van der Waals surface area contributed by atoms with E-state index in [1.807, 2.05) is 30.3 Å². The molecule has 1 aromatic rings. The summed E-state index contributed by atoms with van der Waals surface area (Å²) in [5, 5.41) is 0. The molecule has 1 aliphatic rings. The van der Waals surface area contributed by atoms with Crippen molar-refractivity contribution in [1.82, 2.24) is 4.90 Å². The van der Waals surface area contributed by atoms with E-state index >= 15 is 0 Å². The first-order valence-corrected chi connectivity index (χ1v) is 5.96. The van der Waals surface area contributed by atoms with Crippen LogP contribution in [-0.2, 0) is 11.3 Å². The Kier molecular flexibility index (Phi) is 3.09. The van der Waals surface area contributed by atoms with Gasteiger partial charge in [-0.1, -0.05) is 51.1 Å². The zero-order chi connectivity index (χ0) is 12.5. The Morgan fingerprint density at radius 1 is 1.29 bits per heavy atom. The van der Waals surface area contributed by atoms with E-state index in [9.17, 15) is 4.79 Å². The predicted molar refractivity (Wildman–Crippen MR) is 66.6 cm³/mol. The lowest BCUT2D eigenvalue weighted by atomic mass is 9.89. The monoisotopic (exact) mass is 233 g/mol. The molecule has 1 aromatic carbocycles. The van der Waals surface area contributed by atoms with Gasteiger partial charge < -0.3 is 9.64 Å². The molecule has 2 rings (SSSR count). The molecule has 0 bridgehead atoms. The molecule has 0 spiro atoms. The molecule has 3 heteroatoms. The van der Waals surface area contributed by atoms with Crippen molar-refractivity contribution in [2.75, 3.05) is 6.54 Å². The molecule has 3 nitrogen and oxygen atoms in total. The lowest BCUT2D eigenvalue weighted by Gasteiger charge is -2.24. The summed E-state index contributed by atoms with van der Waals surface area (Å²) in [5.74, 6) is 0. The highest BCUT2D eigenvalue weighted by Gasteiger charge is 2.38. The molecule has 0 saturated carbocycles. The van der Waals surface area contributed by atoms with Gasteiger partial charge in [0.05, 0.1) is 6.54 Å². The van der Waals surface area contributed by atoms with Gasteiger partial charge in [-0.15, -0.1) is 0 Å². The second-order valence-electron chi connectivity index (χ2n) is 5.60. The summed E-state index contributed by atoms with van der Waals surface area (Å²) in [6.07, 6.45) is -0.215. The second-order valence-corrected chi connectivity index (χ2v) is 5.60. The topological polar surface area (TPSA) is 29.5 Å². The van der Waals surface area contributed by atoms with Crippen molar-refractivity contribution in [3.8, 4) is 0 Å². The maximum absolute atomic E-state index is 11.7. The molecule has 1 fully saturated rings. The van der Waals surface area contributed by atoms with Crippen molar-refractivity contribution in [2.24, 2.45) is 5.41 Å². The Labute approximate surface area is 102 Å². The minimum Gasteiger partial charge on any atom is -0.444 e. The molecule has 1 heterocycles. The largest absolute Gasteiger partial charge is 0.444 e. The summed E-state index contributed by atoms with van der Waals surface area (Å²) in [4.78, 5) is 13.5. The highest BCUT2D eigenvalue weighted by atomic mass is 16.6. The van der Waals surface area contributed by atoms with E-state index in [1.165, 1.54) is 0 Å². The lowest BCUT2D eigenvalue weighted by Crippen LogP contribution is -2.31. The fraction of sp³-hybridized carbons (Fsp3) is 0.500. The van der Waals surface area contributed by atoms with Crippen LogP contribution in [0.5, 0.6) is 0 Å². The molecule has 0 N–H and O–H groups in total. The summed E-state index contributed by atoms with van der Waals surface area (Å²) in [6, 6.07) is 10.00. The zero-order valence-corrected chi connectivity index (χ0v) is 10.6. The van der Waals surface area contributed by atoms with Crippen LogP contribution in [0.2, 0.25) is 0 Å². The number of carbonyl (C=O) groups is 1. The van der Waals surface area contributed by atoms with E-state index in [1.54, 1.807) is 4.90 Å². The molecule has 1 atom stereocenters. The first kappa shape index (κ1) is 12.0. The van der Waals surface area contributed by atoms with Crippen molar-refractivity contribution in [2.45, 2.75) is 33.4 Å². The third-order valence-corrected chi connectivity index (χ3v) is 3.07. The highest BCUT2D eigenvalue weighted by Crippen LogP contribution is 2.28. The van der Waals surface area contributed by atoms with Crippen molar-refractivity contribution < 1.29 is 9.53 Å². The maximum atomic E-state index is 11.7. The summed E-state index contributed by atoms with van der Waals surface area (Å²) < 4.78 is 5.40. The van der Waals surface area contributed by atoms with Gasteiger partial charge in [-0.3, -0.25) is 0 Å². The Hall–Kier alpha value is -1.51. The molecule has 1 saturated heterocycles. The van der Waals surface area contributed by atoms with Gasteiger partial charge in [-0.2, -0.15) is 0 Å². The number of hydrogen-bond acceptors (Lipinski definition) is 2. The zero-order valence-electron chi connectivity index (χ0n) is 10.6. The van der Waals surface area contributed by atoms with Gasteiger partial charge >= 0.3 is 6.09 Å². The quantitative estimate of drug-likeness (QED) is 0.785. The third-order valence-electron chi connectivity index (χ3n) is 3.07. The van der Waals surface area contributed by atoms with E-state index in [2.05, 4.69) is 20.8 Å². The van der Waals surface area contributed by atoms with Crippen LogP contribution in [0.3, 0.4) is 0 Å². The normalized spacial score (nSPS) is 20.5. The molecular formula is C14H19NO2. The van der Waals surface area contributed by atoms with Gasteiger partial charge in [-0.05, 0) is 5.56 Å². The van der Waals surface area contributed by atoms with Crippen LogP contribution in [0.1, 0.15) is 26.3 Å². The van der Waals surface area contributed by atoms with Gasteiger partial charge in [0.15, 0.2) is 0 Å². The predicted octanol–water partition coefficient (Wildman–Crippen LogP) is 3.05. The van der Waals surface area contributed by atoms with Gasteiger partial charge in [0.1, 0.15) is 6.10 Å². The SMILES string of the molecule is CC(C)(C)C1CN(Cc2ccccc2)C(=O)O1. The molecular weight excluding hydrogens is 214 g/mol. The Bertz CT molecular complexity index is 394. The lowest BCUT2D eigenvalue weighted by molar-refractivity contribution is 0.0723. The van der Waals surface area contributed by atoms with E-state index in [0.29, 0.717) is 13.1 Å². The van der Waals surface area contributed by atoms with E-state index in [4.69, 9.17) is 4.74 Å². The van der Waals surface area contributed by atoms with Gasteiger partial charge in [0.2, 0.25) is 0 Å². The molecule has 0 aliphatic carbocycles. The molecule has 0 aromatic heterocycles. The van der Waals surface area contributed by atoms with Crippen LogP contribution in [0.4, 0.5) is 4.79 Å². The van der Waals surface area contributed by atoms with E-state index < -0.39 is 0 Å². The summed E-state index contributed by atoms with van der Waals surface area (Å²) in [5.41, 5.74) is 1.14. The molecule has 17 heavy (non-hydrogen) atoms. The fourth-order valence-corrected chi connectivity index (χ4v) is 1.89. The van der Waals surface area contributed by atoms with Crippen LogP contribution < -0.4 is 0 Å². The first-order valence-electron chi connectivity index (χ1n) is 5.96. The van der Waals surface area contributed by atoms with Crippen LogP contribution >= 0.6 is 0 Å². The second kappa shape index (κ2) is 4.40. The first-order chi connectivity index (χ1) is 7.97. The average Bonchev–Trinajstić information content (AvgIpc) is 2.62. The van der Waals surface area contributed by atoms with Gasteiger partial charge in [-0.25, -0.2) is 4.79 Å².